The van der Waals surface area contributed by atoms with Gasteiger partial charge in [0.25, 0.3) is 0 Å². The van der Waals surface area contributed by atoms with Crippen LogP contribution in [-0.4, -0.2) is 5.11 Å². The van der Waals surface area contributed by atoms with E-state index in [2.05, 4.69) is 6.58 Å². The summed E-state index contributed by atoms with van der Waals surface area (Å²) in [6.45, 7) is 3.42. The Balaban J connectivity index is 2.91. The molecule has 60 valence electrons. The average Bonchev–Trinajstić information content (AvgIpc) is 2.50. The van der Waals surface area contributed by atoms with Gasteiger partial charge < -0.3 is 15.3 Å². The summed E-state index contributed by atoms with van der Waals surface area (Å²) in [6, 6.07) is 1.48. The summed E-state index contributed by atoms with van der Waals surface area (Å²) >= 11 is 0. The number of rotatable bonds is 3. The van der Waals surface area contributed by atoms with Gasteiger partial charge in [0.05, 0.1) is 12.3 Å². The zero-order valence-electron chi connectivity index (χ0n) is 6.16. The number of aliphatic hydroxyl groups is 1. The zero-order valence-corrected chi connectivity index (χ0v) is 6.16. The fraction of sp³-hybridized carbons (Fsp3) is 0.250. The molecule has 3 heteroatoms. The zero-order chi connectivity index (χ0) is 8.27. The highest BCUT2D eigenvalue weighted by molar-refractivity contribution is 5.23. The Labute approximate surface area is 65.1 Å². The third-order valence-electron chi connectivity index (χ3n) is 1.54. The Kier molecular flexibility index (Phi) is 2.46. The predicted octanol–water partition coefficient (Wildman–Crippen LogP) is 0.958. The summed E-state index contributed by atoms with van der Waals surface area (Å²) in [5, 5.41) is 8.77. The number of aliphatic hydroxyl groups excluding tert-OH is 1. The van der Waals surface area contributed by atoms with Gasteiger partial charge in [-0.25, -0.2) is 0 Å². The van der Waals surface area contributed by atoms with Crippen molar-refractivity contribution in [3.63, 3.8) is 0 Å². The van der Waals surface area contributed by atoms with E-state index in [1.54, 1.807) is 12.1 Å². The van der Waals surface area contributed by atoms with Crippen molar-refractivity contribution in [2.75, 3.05) is 0 Å². The highest BCUT2D eigenvalue weighted by Gasteiger charge is 2.09. The smallest absolute Gasteiger partial charge is 0.134 e. The van der Waals surface area contributed by atoms with Gasteiger partial charge in [-0.1, -0.05) is 6.08 Å². The lowest BCUT2D eigenvalue weighted by molar-refractivity contribution is 0.245. The van der Waals surface area contributed by atoms with Crippen LogP contribution in [0.4, 0.5) is 0 Å². The molecule has 0 saturated carbocycles. The van der Waals surface area contributed by atoms with Crippen molar-refractivity contribution in [1.82, 2.24) is 0 Å². The number of furan rings is 1. The van der Waals surface area contributed by atoms with Gasteiger partial charge in [0.2, 0.25) is 0 Å². The molecule has 1 unspecified atom stereocenters. The second kappa shape index (κ2) is 3.37. The molecular weight excluding hydrogens is 142 g/mol. The van der Waals surface area contributed by atoms with Crippen molar-refractivity contribution >= 4 is 0 Å². The van der Waals surface area contributed by atoms with E-state index in [1.807, 2.05) is 0 Å². The summed E-state index contributed by atoms with van der Waals surface area (Å²) in [4.78, 5) is 0. The third-order valence-corrected chi connectivity index (χ3v) is 1.54. The molecule has 1 rings (SSSR count). The van der Waals surface area contributed by atoms with Crippen molar-refractivity contribution in [2.45, 2.75) is 12.6 Å². The first kappa shape index (κ1) is 8.04. The summed E-state index contributed by atoms with van der Waals surface area (Å²) < 4.78 is 4.96. The molecule has 0 radical (unpaired) electrons. The van der Waals surface area contributed by atoms with Gasteiger partial charge in [-0.15, -0.1) is 6.58 Å². The molecule has 1 heterocycles. The molecule has 0 amide bonds. The maximum atomic E-state index is 8.77. The van der Waals surface area contributed by atoms with Crippen molar-refractivity contribution < 1.29 is 9.52 Å². The Morgan fingerprint density at radius 3 is 3.09 bits per heavy atom. The van der Waals surface area contributed by atoms with E-state index >= 15 is 0 Å². The monoisotopic (exact) mass is 153 g/mol. The van der Waals surface area contributed by atoms with Crippen molar-refractivity contribution in [3.05, 3.63) is 36.3 Å². The van der Waals surface area contributed by atoms with Gasteiger partial charge in [-0.3, -0.25) is 0 Å². The van der Waals surface area contributed by atoms with Crippen molar-refractivity contribution in [3.8, 4) is 0 Å². The van der Waals surface area contributed by atoms with Crippen molar-refractivity contribution in [1.29, 1.82) is 0 Å². The lowest BCUT2D eigenvalue weighted by atomic mass is 10.1. The van der Waals surface area contributed by atoms with Crippen LogP contribution in [0.3, 0.4) is 0 Å². The van der Waals surface area contributed by atoms with Crippen LogP contribution < -0.4 is 5.73 Å². The second-order valence-electron chi connectivity index (χ2n) is 2.22. The maximum absolute atomic E-state index is 8.77. The fourth-order valence-electron chi connectivity index (χ4n) is 0.903. The molecule has 11 heavy (non-hydrogen) atoms. The Hall–Kier alpha value is -1.06. The van der Waals surface area contributed by atoms with Crippen LogP contribution in [0, 0.1) is 0 Å². The standard InChI is InChI=1S/C8H11NO2/c1-2-7(9)6-3-4-11-8(6)5-10/h2-4,7,10H,1,5,9H2. The van der Waals surface area contributed by atoms with Crippen LogP contribution in [0.5, 0.6) is 0 Å². The molecule has 0 aliphatic rings. The quantitative estimate of drug-likeness (QED) is 0.636. The van der Waals surface area contributed by atoms with Crippen LogP contribution in [-0.2, 0) is 6.61 Å². The topological polar surface area (TPSA) is 59.4 Å². The van der Waals surface area contributed by atoms with Gasteiger partial charge >= 0.3 is 0 Å². The van der Waals surface area contributed by atoms with E-state index in [0.29, 0.717) is 5.76 Å². The van der Waals surface area contributed by atoms with Gasteiger partial charge in [-0.2, -0.15) is 0 Å². The minimum atomic E-state index is -0.254. The molecule has 3 nitrogen and oxygen atoms in total. The molecule has 0 aliphatic carbocycles. The second-order valence-corrected chi connectivity index (χ2v) is 2.22. The molecule has 0 bridgehead atoms. The normalized spacial score (nSPS) is 12.9. The highest BCUT2D eigenvalue weighted by atomic mass is 16.4. The summed E-state index contributed by atoms with van der Waals surface area (Å²) in [6.07, 6.45) is 3.11. The third kappa shape index (κ3) is 1.50. The van der Waals surface area contributed by atoms with Gasteiger partial charge in [0, 0.05) is 5.56 Å². The van der Waals surface area contributed by atoms with Gasteiger partial charge in [0.15, 0.2) is 0 Å². The molecule has 1 aromatic rings. The molecule has 0 aliphatic heterocycles. The van der Waals surface area contributed by atoms with Gasteiger partial charge in [0.1, 0.15) is 12.4 Å². The van der Waals surface area contributed by atoms with Crippen LogP contribution in [0.1, 0.15) is 17.4 Å². The minimum Gasteiger partial charge on any atom is -0.467 e. The van der Waals surface area contributed by atoms with Crippen molar-refractivity contribution in [2.24, 2.45) is 5.73 Å². The highest BCUT2D eigenvalue weighted by Crippen LogP contribution is 2.17. The Bertz CT molecular complexity index is 242. The van der Waals surface area contributed by atoms with Crippen LogP contribution in [0.15, 0.2) is 29.4 Å². The first-order valence-corrected chi connectivity index (χ1v) is 3.35. The molecule has 3 N–H and O–H groups in total. The van der Waals surface area contributed by atoms with E-state index in [1.165, 1.54) is 6.26 Å². The molecule has 0 saturated heterocycles. The summed E-state index contributed by atoms with van der Waals surface area (Å²) in [5.74, 6) is 0.511. The first-order chi connectivity index (χ1) is 5.29. The number of hydrogen-bond acceptors (Lipinski definition) is 3. The molecule has 0 spiro atoms. The van der Waals surface area contributed by atoms with Crippen LogP contribution in [0.2, 0.25) is 0 Å². The Morgan fingerprint density at radius 2 is 2.55 bits per heavy atom. The largest absolute Gasteiger partial charge is 0.467 e. The summed E-state index contributed by atoms with van der Waals surface area (Å²) in [5.41, 5.74) is 6.42. The molecular formula is C8H11NO2. The molecule has 0 aromatic carbocycles. The average molecular weight is 153 g/mol. The van der Waals surface area contributed by atoms with E-state index in [0.717, 1.165) is 5.56 Å². The Morgan fingerprint density at radius 1 is 1.82 bits per heavy atom. The first-order valence-electron chi connectivity index (χ1n) is 3.35. The predicted molar refractivity (Wildman–Crippen MR) is 41.8 cm³/mol. The maximum Gasteiger partial charge on any atom is 0.134 e. The SMILES string of the molecule is C=CC(N)c1ccoc1CO. The molecule has 1 aromatic heterocycles. The molecule has 0 fully saturated rings. The van der Waals surface area contributed by atoms with E-state index < -0.39 is 0 Å². The lowest BCUT2D eigenvalue weighted by Gasteiger charge is -2.03. The fourth-order valence-corrected chi connectivity index (χ4v) is 0.903. The number of hydrogen-bond donors (Lipinski definition) is 2. The summed E-state index contributed by atoms with van der Waals surface area (Å²) in [7, 11) is 0. The molecule has 1 atom stereocenters. The number of nitrogens with two attached hydrogens (primary N) is 1. The van der Waals surface area contributed by atoms with E-state index in [-0.39, 0.29) is 12.6 Å². The van der Waals surface area contributed by atoms with Crippen LogP contribution in [0.25, 0.3) is 0 Å². The van der Waals surface area contributed by atoms with E-state index in [4.69, 9.17) is 15.3 Å². The van der Waals surface area contributed by atoms with Gasteiger partial charge in [-0.05, 0) is 6.07 Å². The van der Waals surface area contributed by atoms with Crippen LogP contribution >= 0.6 is 0 Å². The van der Waals surface area contributed by atoms with E-state index in [9.17, 15) is 0 Å². The lowest BCUT2D eigenvalue weighted by Crippen LogP contribution is -2.07. The minimum absolute atomic E-state index is 0.121.